The molecular formula is C14H19Br2NO2. The third kappa shape index (κ3) is 3.51. The summed E-state index contributed by atoms with van der Waals surface area (Å²) in [6, 6.07) is 3.13. The van der Waals surface area contributed by atoms with Crippen molar-refractivity contribution in [2.24, 2.45) is 11.7 Å². The van der Waals surface area contributed by atoms with Crippen LogP contribution in [0.3, 0.4) is 0 Å². The molecule has 1 fully saturated rings. The molecule has 1 aromatic rings. The first-order valence-electron chi connectivity index (χ1n) is 6.62. The number of phenolic OH excluding ortho intramolecular Hbond substituents is 1. The normalized spacial score (nSPS) is 20.2. The molecule has 1 aromatic carbocycles. The van der Waals surface area contributed by atoms with Crippen LogP contribution in [-0.4, -0.2) is 16.3 Å². The van der Waals surface area contributed by atoms with E-state index in [1.807, 2.05) is 0 Å². The van der Waals surface area contributed by atoms with Crippen LogP contribution in [0.5, 0.6) is 5.75 Å². The molecule has 0 saturated heterocycles. The van der Waals surface area contributed by atoms with E-state index in [2.05, 4.69) is 31.9 Å². The summed E-state index contributed by atoms with van der Waals surface area (Å²) in [4.78, 5) is 0. The summed E-state index contributed by atoms with van der Waals surface area (Å²) in [5, 5.41) is 20.1. The summed E-state index contributed by atoms with van der Waals surface area (Å²) < 4.78 is 1.17. The maximum atomic E-state index is 10.4. The van der Waals surface area contributed by atoms with Crippen LogP contribution in [0.15, 0.2) is 21.1 Å². The van der Waals surface area contributed by atoms with E-state index < -0.39 is 12.1 Å². The van der Waals surface area contributed by atoms with Crippen LogP contribution < -0.4 is 5.73 Å². The van der Waals surface area contributed by atoms with Crippen molar-refractivity contribution >= 4 is 31.9 Å². The molecule has 0 aliphatic heterocycles. The maximum absolute atomic E-state index is 10.4. The molecule has 2 atom stereocenters. The molecule has 1 saturated carbocycles. The molecule has 0 radical (unpaired) electrons. The van der Waals surface area contributed by atoms with E-state index in [9.17, 15) is 10.2 Å². The fourth-order valence-corrected chi connectivity index (χ4v) is 3.97. The summed E-state index contributed by atoms with van der Waals surface area (Å²) in [5.74, 6) is 0.443. The predicted octanol–water partition coefficient (Wildman–Crippen LogP) is 3.86. The van der Waals surface area contributed by atoms with Gasteiger partial charge >= 0.3 is 0 Å². The van der Waals surface area contributed by atoms with Crippen molar-refractivity contribution in [2.45, 2.75) is 44.2 Å². The van der Waals surface area contributed by atoms with Gasteiger partial charge in [0.2, 0.25) is 0 Å². The minimum absolute atomic E-state index is 0.156. The zero-order valence-corrected chi connectivity index (χ0v) is 13.8. The molecule has 0 spiro atoms. The van der Waals surface area contributed by atoms with Crippen molar-refractivity contribution in [2.75, 3.05) is 0 Å². The third-order valence-electron chi connectivity index (χ3n) is 3.92. The van der Waals surface area contributed by atoms with E-state index in [1.54, 1.807) is 12.1 Å². The number of nitrogens with two attached hydrogens (primary N) is 1. The van der Waals surface area contributed by atoms with Gasteiger partial charge in [0, 0.05) is 0 Å². The standard InChI is InChI=1S/C14H19Br2NO2/c15-10-6-9(7-11(16)14(10)19)12(17)13(18)8-4-2-1-3-5-8/h6-8,12-13,18-19H,1-5,17H2/t12-,13+/m1/s1. The second-order valence-corrected chi connectivity index (χ2v) is 6.96. The average Bonchev–Trinajstić information content (AvgIpc) is 2.43. The van der Waals surface area contributed by atoms with Gasteiger partial charge in [0.25, 0.3) is 0 Å². The monoisotopic (exact) mass is 391 g/mol. The Labute approximate surface area is 130 Å². The van der Waals surface area contributed by atoms with Gasteiger partial charge in [-0.25, -0.2) is 0 Å². The van der Waals surface area contributed by atoms with E-state index in [0.717, 1.165) is 18.4 Å². The Bertz CT molecular complexity index is 424. The molecule has 19 heavy (non-hydrogen) atoms. The van der Waals surface area contributed by atoms with Crippen molar-refractivity contribution < 1.29 is 10.2 Å². The summed E-state index contributed by atoms with van der Waals surface area (Å²) >= 11 is 6.59. The van der Waals surface area contributed by atoms with E-state index >= 15 is 0 Å². The van der Waals surface area contributed by atoms with Gasteiger partial charge in [-0.2, -0.15) is 0 Å². The highest BCUT2D eigenvalue weighted by Gasteiger charge is 2.28. The molecule has 1 aliphatic carbocycles. The van der Waals surface area contributed by atoms with Crippen LogP contribution in [0.4, 0.5) is 0 Å². The third-order valence-corrected chi connectivity index (χ3v) is 5.13. The first kappa shape index (κ1) is 15.3. The summed E-state index contributed by atoms with van der Waals surface area (Å²) in [7, 11) is 0. The lowest BCUT2D eigenvalue weighted by molar-refractivity contribution is 0.0617. The van der Waals surface area contributed by atoms with Gasteiger partial charge in [-0.15, -0.1) is 0 Å². The predicted molar refractivity (Wildman–Crippen MR) is 83.0 cm³/mol. The van der Waals surface area contributed by atoms with Crippen molar-refractivity contribution in [3.8, 4) is 5.75 Å². The minimum atomic E-state index is -0.524. The van der Waals surface area contributed by atoms with E-state index in [-0.39, 0.29) is 11.7 Å². The SMILES string of the molecule is N[C@H](c1cc(Br)c(O)c(Br)c1)[C@@H](O)C1CCCCC1. The van der Waals surface area contributed by atoms with Crippen LogP contribution in [0, 0.1) is 5.92 Å². The van der Waals surface area contributed by atoms with Crippen LogP contribution in [0.1, 0.15) is 43.7 Å². The molecule has 5 heteroatoms. The van der Waals surface area contributed by atoms with Gasteiger partial charge in [0.1, 0.15) is 5.75 Å². The number of halogens is 2. The molecule has 0 aromatic heterocycles. The van der Waals surface area contributed by atoms with Crippen molar-refractivity contribution in [1.82, 2.24) is 0 Å². The van der Waals surface area contributed by atoms with Crippen molar-refractivity contribution in [3.05, 3.63) is 26.6 Å². The molecule has 1 aliphatic rings. The number of hydrogen-bond donors (Lipinski definition) is 3. The highest BCUT2D eigenvalue weighted by atomic mass is 79.9. The van der Waals surface area contributed by atoms with Crippen LogP contribution in [-0.2, 0) is 0 Å². The second-order valence-electron chi connectivity index (χ2n) is 5.25. The number of phenols is 1. The zero-order chi connectivity index (χ0) is 14.0. The fourth-order valence-electron chi connectivity index (χ4n) is 2.74. The highest BCUT2D eigenvalue weighted by molar-refractivity contribution is 9.11. The van der Waals surface area contributed by atoms with E-state index in [0.29, 0.717) is 8.95 Å². The van der Waals surface area contributed by atoms with Gasteiger partial charge in [-0.3, -0.25) is 0 Å². The number of aliphatic hydroxyl groups excluding tert-OH is 1. The Morgan fingerprint density at radius 3 is 2.16 bits per heavy atom. The molecule has 3 nitrogen and oxygen atoms in total. The van der Waals surface area contributed by atoms with Gasteiger partial charge in [-0.05, 0) is 68.3 Å². The van der Waals surface area contributed by atoms with Gasteiger partial charge in [0.15, 0.2) is 0 Å². The smallest absolute Gasteiger partial charge is 0.143 e. The zero-order valence-electron chi connectivity index (χ0n) is 10.6. The lowest BCUT2D eigenvalue weighted by atomic mass is 9.81. The van der Waals surface area contributed by atoms with Gasteiger partial charge in [0.05, 0.1) is 21.1 Å². The molecule has 0 bridgehead atoms. The Morgan fingerprint density at radius 2 is 1.63 bits per heavy atom. The van der Waals surface area contributed by atoms with Gasteiger partial charge < -0.3 is 15.9 Å². The summed E-state index contributed by atoms with van der Waals surface area (Å²) in [6.07, 6.45) is 5.19. The Kier molecular flexibility index (Phi) is 5.29. The van der Waals surface area contributed by atoms with Gasteiger partial charge in [-0.1, -0.05) is 19.3 Å². The molecular weight excluding hydrogens is 374 g/mol. The minimum Gasteiger partial charge on any atom is -0.506 e. The number of hydrogen-bond acceptors (Lipinski definition) is 3. The lowest BCUT2D eigenvalue weighted by Gasteiger charge is -2.30. The Hall–Kier alpha value is -0.100. The number of rotatable bonds is 3. The molecule has 106 valence electrons. The van der Waals surface area contributed by atoms with Crippen LogP contribution in [0.2, 0.25) is 0 Å². The Balaban J connectivity index is 2.16. The van der Waals surface area contributed by atoms with E-state index in [1.165, 1.54) is 19.3 Å². The summed E-state index contributed by atoms with van der Waals surface area (Å²) in [5.41, 5.74) is 7.01. The highest BCUT2D eigenvalue weighted by Crippen LogP contribution is 2.37. The average molecular weight is 393 g/mol. The molecule has 0 unspecified atom stereocenters. The van der Waals surface area contributed by atoms with Crippen molar-refractivity contribution in [1.29, 1.82) is 0 Å². The molecule has 4 N–H and O–H groups in total. The fraction of sp³-hybridized carbons (Fsp3) is 0.571. The lowest BCUT2D eigenvalue weighted by Crippen LogP contribution is -2.34. The summed E-state index contributed by atoms with van der Waals surface area (Å²) in [6.45, 7) is 0. The molecule has 0 amide bonds. The largest absolute Gasteiger partial charge is 0.506 e. The number of aromatic hydroxyl groups is 1. The van der Waals surface area contributed by atoms with Crippen LogP contribution in [0.25, 0.3) is 0 Å². The topological polar surface area (TPSA) is 66.5 Å². The molecule has 2 rings (SSSR count). The Morgan fingerprint density at radius 1 is 1.11 bits per heavy atom. The first-order valence-corrected chi connectivity index (χ1v) is 8.21. The van der Waals surface area contributed by atoms with E-state index in [4.69, 9.17) is 5.73 Å². The quantitative estimate of drug-likeness (QED) is 0.731. The molecule has 0 heterocycles. The number of benzene rings is 1. The maximum Gasteiger partial charge on any atom is 0.143 e. The second kappa shape index (κ2) is 6.57. The van der Waals surface area contributed by atoms with Crippen molar-refractivity contribution in [3.63, 3.8) is 0 Å². The van der Waals surface area contributed by atoms with Crippen LogP contribution >= 0.6 is 31.9 Å². The number of aliphatic hydroxyl groups is 1. The first-order chi connectivity index (χ1) is 9.00.